The number of para-hydroxylation sites is 1. The Kier molecular flexibility index (Phi) is 5.23. The molecule has 0 unspecified atom stereocenters. The van der Waals surface area contributed by atoms with Crippen LogP contribution in [0.4, 0.5) is 5.69 Å². The summed E-state index contributed by atoms with van der Waals surface area (Å²) >= 11 is 1.76. The van der Waals surface area contributed by atoms with E-state index in [1.165, 1.54) is 11.1 Å². The number of hydrogen-bond donors (Lipinski definition) is 1. The summed E-state index contributed by atoms with van der Waals surface area (Å²) in [5.74, 6) is 0.0491. The average molecular weight is 380 g/mol. The Morgan fingerprint density at radius 2 is 1.96 bits per heavy atom. The van der Waals surface area contributed by atoms with Crippen LogP contribution >= 0.6 is 11.3 Å². The van der Waals surface area contributed by atoms with Gasteiger partial charge < -0.3 is 5.32 Å². The Labute approximate surface area is 164 Å². The number of nitrogens with zero attached hydrogens (tertiary/aromatic N) is 2. The van der Waals surface area contributed by atoms with Crippen LogP contribution in [0.3, 0.4) is 0 Å². The number of aryl methyl sites for hydroxylation is 2. The molecule has 0 saturated carbocycles. The maximum Gasteiger partial charge on any atom is 0.238 e. The van der Waals surface area contributed by atoms with E-state index in [4.69, 9.17) is 4.98 Å². The minimum absolute atomic E-state index is 0.0491. The number of aromatic nitrogens is 1. The summed E-state index contributed by atoms with van der Waals surface area (Å²) in [5, 5.41) is 4.21. The summed E-state index contributed by atoms with van der Waals surface area (Å²) in [5.41, 5.74) is 4.26. The SMILES string of the molecule is Cc1cc(C)cc(NC(=O)CN2CCCC[C@@H]2c2nc3ccccc3s2)c1. The third kappa shape index (κ3) is 4.20. The molecule has 27 heavy (non-hydrogen) atoms. The van der Waals surface area contributed by atoms with Crippen LogP contribution in [0, 0.1) is 13.8 Å². The molecule has 1 saturated heterocycles. The van der Waals surface area contributed by atoms with Crippen molar-refractivity contribution >= 4 is 33.1 Å². The largest absolute Gasteiger partial charge is 0.325 e. The third-order valence-electron chi connectivity index (χ3n) is 5.06. The van der Waals surface area contributed by atoms with Gasteiger partial charge in [-0.1, -0.05) is 24.6 Å². The standard InChI is InChI=1S/C22H25N3OS/c1-15-11-16(2)13-17(12-15)23-21(26)14-25-10-6-5-8-19(25)22-24-18-7-3-4-9-20(18)27-22/h3-4,7,9,11-13,19H,5-6,8,10,14H2,1-2H3,(H,23,26)/t19-/m1/s1. The Morgan fingerprint density at radius 3 is 2.74 bits per heavy atom. The van der Waals surface area contributed by atoms with Gasteiger partial charge in [0.1, 0.15) is 5.01 Å². The van der Waals surface area contributed by atoms with Crippen molar-refractivity contribution in [3.05, 3.63) is 58.6 Å². The molecule has 1 aliphatic rings. The van der Waals surface area contributed by atoms with E-state index in [1.807, 2.05) is 18.2 Å². The molecule has 5 heteroatoms. The number of piperidine rings is 1. The fraction of sp³-hybridized carbons (Fsp3) is 0.364. The van der Waals surface area contributed by atoms with Gasteiger partial charge in [0.2, 0.25) is 5.91 Å². The number of carbonyl (C=O) groups excluding carboxylic acids is 1. The molecule has 1 aromatic heterocycles. The lowest BCUT2D eigenvalue weighted by Gasteiger charge is -2.33. The van der Waals surface area contributed by atoms with E-state index in [0.29, 0.717) is 6.54 Å². The second-order valence-corrected chi connectivity index (χ2v) is 8.49. The van der Waals surface area contributed by atoms with Crippen molar-refractivity contribution in [2.45, 2.75) is 39.2 Å². The molecule has 1 aliphatic heterocycles. The van der Waals surface area contributed by atoms with Crippen molar-refractivity contribution in [2.75, 3.05) is 18.4 Å². The van der Waals surface area contributed by atoms with Crippen LogP contribution in [-0.4, -0.2) is 28.9 Å². The average Bonchev–Trinajstić information content (AvgIpc) is 3.05. The quantitative estimate of drug-likeness (QED) is 0.688. The van der Waals surface area contributed by atoms with Crippen molar-refractivity contribution in [2.24, 2.45) is 0 Å². The highest BCUT2D eigenvalue weighted by molar-refractivity contribution is 7.18. The fourth-order valence-electron chi connectivity index (χ4n) is 3.92. The first-order valence-electron chi connectivity index (χ1n) is 9.56. The van der Waals surface area contributed by atoms with Gasteiger partial charge in [-0.15, -0.1) is 11.3 Å². The van der Waals surface area contributed by atoms with E-state index in [2.05, 4.69) is 48.3 Å². The summed E-state index contributed by atoms with van der Waals surface area (Å²) < 4.78 is 1.22. The highest BCUT2D eigenvalue weighted by atomic mass is 32.1. The van der Waals surface area contributed by atoms with E-state index < -0.39 is 0 Å². The molecule has 1 atom stereocenters. The summed E-state index contributed by atoms with van der Waals surface area (Å²) in [7, 11) is 0. The van der Waals surface area contributed by atoms with Gasteiger partial charge in [-0.05, 0) is 68.6 Å². The van der Waals surface area contributed by atoms with Crippen LogP contribution in [0.2, 0.25) is 0 Å². The smallest absolute Gasteiger partial charge is 0.238 e. The minimum Gasteiger partial charge on any atom is -0.325 e. The van der Waals surface area contributed by atoms with E-state index in [9.17, 15) is 4.79 Å². The van der Waals surface area contributed by atoms with E-state index in [-0.39, 0.29) is 11.9 Å². The maximum atomic E-state index is 12.7. The maximum absolute atomic E-state index is 12.7. The number of thiazole rings is 1. The Hall–Kier alpha value is -2.24. The molecule has 140 valence electrons. The molecule has 2 aromatic carbocycles. The van der Waals surface area contributed by atoms with Gasteiger partial charge in [0.15, 0.2) is 0 Å². The molecule has 4 nitrogen and oxygen atoms in total. The van der Waals surface area contributed by atoms with Gasteiger partial charge in [0.05, 0.1) is 22.8 Å². The number of benzene rings is 2. The fourth-order valence-corrected chi connectivity index (χ4v) is 5.06. The predicted octanol–water partition coefficient (Wildman–Crippen LogP) is 5.08. The number of likely N-dealkylation sites (tertiary alicyclic amines) is 1. The molecular formula is C22H25N3OS. The van der Waals surface area contributed by atoms with Crippen LogP contribution in [0.25, 0.3) is 10.2 Å². The monoisotopic (exact) mass is 379 g/mol. The summed E-state index contributed by atoms with van der Waals surface area (Å²) in [4.78, 5) is 19.8. The molecule has 1 N–H and O–H groups in total. The zero-order chi connectivity index (χ0) is 18.8. The van der Waals surface area contributed by atoms with Crippen LogP contribution in [0.1, 0.15) is 41.4 Å². The minimum atomic E-state index is 0.0491. The van der Waals surface area contributed by atoms with Crippen LogP contribution in [0.5, 0.6) is 0 Å². The number of anilines is 1. The van der Waals surface area contributed by atoms with Crippen molar-refractivity contribution in [1.82, 2.24) is 9.88 Å². The normalized spacial score (nSPS) is 17.9. The van der Waals surface area contributed by atoms with E-state index in [0.717, 1.165) is 46.7 Å². The van der Waals surface area contributed by atoms with Gasteiger partial charge in [-0.3, -0.25) is 9.69 Å². The zero-order valence-corrected chi connectivity index (χ0v) is 16.7. The van der Waals surface area contributed by atoms with Gasteiger partial charge in [0.25, 0.3) is 0 Å². The molecule has 0 spiro atoms. The van der Waals surface area contributed by atoms with Gasteiger partial charge in [-0.25, -0.2) is 4.98 Å². The molecular weight excluding hydrogens is 354 g/mol. The highest BCUT2D eigenvalue weighted by Crippen LogP contribution is 2.35. The Bertz CT molecular complexity index is 912. The first-order valence-corrected chi connectivity index (χ1v) is 10.4. The molecule has 4 rings (SSSR count). The second-order valence-electron chi connectivity index (χ2n) is 7.43. The highest BCUT2D eigenvalue weighted by Gasteiger charge is 2.28. The second kappa shape index (κ2) is 7.79. The lowest BCUT2D eigenvalue weighted by Crippen LogP contribution is -2.39. The van der Waals surface area contributed by atoms with Crippen molar-refractivity contribution in [3.8, 4) is 0 Å². The van der Waals surface area contributed by atoms with Gasteiger partial charge >= 0.3 is 0 Å². The number of fused-ring (bicyclic) bond motifs is 1. The molecule has 0 bridgehead atoms. The van der Waals surface area contributed by atoms with Crippen molar-refractivity contribution in [3.63, 3.8) is 0 Å². The predicted molar refractivity (Wildman–Crippen MR) is 112 cm³/mol. The number of rotatable bonds is 4. The molecule has 1 amide bonds. The van der Waals surface area contributed by atoms with Crippen LogP contribution in [-0.2, 0) is 4.79 Å². The topological polar surface area (TPSA) is 45.2 Å². The lowest BCUT2D eigenvalue weighted by atomic mass is 10.0. The number of hydrogen-bond acceptors (Lipinski definition) is 4. The summed E-state index contributed by atoms with van der Waals surface area (Å²) in [6, 6.07) is 14.7. The van der Waals surface area contributed by atoms with Crippen LogP contribution < -0.4 is 5.32 Å². The number of carbonyl (C=O) groups is 1. The zero-order valence-electron chi connectivity index (χ0n) is 15.9. The third-order valence-corrected chi connectivity index (χ3v) is 6.20. The lowest BCUT2D eigenvalue weighted by molar-refractivity contribution is -0.118. The number of amides is 1. The molecule has 0 aliphatic carbocycles. The van der Waals surface area contributed by atoms with Gasteiger partial charge in [0, 0.05) is 5.69 Å². The van der Waals surface area contributed by atoms with Crippen molar-refractivity contribution < 1.29 is 4.79 Å². The first kappa shape index (κ1) is 18.1. The molecule has 3 aromatic rings. The molecule has 2 heterocycles. The van der Waals surface area contributed by atoms with E-state index in [1.54, 1.807) is 11.3 Å². The Morgan fingerprint density at radius 1 is 1.19 bits per heavy atom. The van der Waals surface area contributed by atoms with Crippen molar-refractivity contribution in [1.29, 1.82) is 0 Å². The summed E-state index contributed by atoms with van der Waals surface area (Å²) in [6.07, 6.45) is 3.39. The number of nitrogens with one attached hydrogen (secondary N) is 1. The van der Waals surface area contributed by atoms with E-state index >= 15 is 0 Å². The summed E-state index contributed by atoms with van der Waals surface area (Å²) in [6.45, 7) is 5.46. The first-order chi connectivity index (χ1) is 13.1. The molecule has 1 fully saturated rings. The molecule has 0 radical (unpaired) electrons. The Balaban J connectivity index is 1.49. The van der Waals surface area contributed by atoms with Gasteiger partial charge in [-0.2, -0.15) is 0 Å². The van der Waals surface area contributed by atoms with Crippen LogP contribution in [0.15, 0.2) is 42.5 Å².